The predicted octanol–water partition coefficient (Wildman–Crippen LogP) is 2.32. The molecule has 0 bridgehead atoms. The summed E-state index contributed by atoms with van der Waals surface area (Å²) in [6.07, 6.45) is 1.11. The Bertz CT molecular complexity index is 117. The fraction of sp³-hybridized carbons (Fsp3) is 1.00. The summed E-state index contributed by atoms with van der Waals surface area (Å²) in [5.74, 6) is 0. The van der Waals surface area contributed by atoms with Crippen LogP contribution in [-0.4, -0.2) is 29.6 Å². The lowest BCUT2D eigenvalue weighted by Gasteiger charge is -2.39. The third kappa shape index (κ3) is 3.55. The molecule has 0 saturated carbocycles. The molecule has 0 aromatic rings. The third-order valence-corrected chi connectivity index (χ3v) is 2.32. The summed E-state index contributed by atoms with van der Waals surface area (Å²) in [5.41, 5.74) is 0.125. The van der Waals surface area contributed by atoms with Crippen molar-refractivity contribution >= 4 is 0 Å². The molecule has 1 unspecified atom stereocenters. The van der Waals surface area contributed by atoms with Crippen LogP contribution in [0.3, 0.4) is 0 Å². The van der Waals surface area contributed by atoms with Gasteiger partial charge in [0.15, 0.2) is 0 Å². The Kier molecular flexibility index (Phi) is 4.80. The maximum atomic E-state index is 10.6. The number of hydrogen-bond donors (Lipinski definition) is 0. The Hall–Kier alpha value is -0.0800. The van der Waals surface area contributed by atoms with Crippen molar-refractivity contribution in [2.24, 2.45) is 0 Å². The third-order valence-electron chi connectivity index (χ3n) is 2.32. The molecule has 0 N–H and O–H groups in total. The van der Waals surface area contributed by atoms with Crippen LogP contribution >= 0.6 is 0 Å². The quantitative estimate of drug-likeness (QED) is 0.638. The van der Waals surface area contributed by atoms with Gasteiger partial charge in [-0.15, -0.1) is 0 Å². The summed E-state index contributed by atoms with van der Waals surface area (Å²) in [6, 6.07) is 0.513. The zero-order valence-corrected chi connectivity index (χ0v) is 9.05. The Morgan fingerprint density at radius 3 is 2.08 bits per heavy atom. The van der Waals surface area contributed by atoms with E-state index in [0.717, 1.165) is 6.42 Å². The van der Waals surface area contributed by atoms with Gasteiger partial charge in [0.05, 0.1) is 6.61 Å². The van der Waals surface area contributed by atoms with Crippen LogP contribution in [0, 0.1) is 0 Å². The Morgan fingerprint density at radius 2 is 1.83 bits per heavy atom. The lowest BCUT2D eigenvalue weighted by molar-refractivity contribution is 0.0489. The van der Waals surface area contributed by atoms with Crippen molar-refractivity contribution in [3.8, 4) is 0 Å². The minimum absolute atomic E-state index is 0.00160. The highest BCUT2D eigenvalue weighted by atomic mass is 16.3. The molecule has 0 aromatic heterocycles. The van der Waals surface area contributed by atoms with Crippen LogP contribution in [0.25, 0.3) is 0 Å². The maximum Gasteiger partial charge on any atom is 0.0949 e. The summed E-state index contributed by atoms with van der Waals surface area (Å²) < 4.78 is 0. The highest BCUT2D eigenvalue weighted by Gasteiger charge is 2.24. The molecule has 0 rings (SSSR count). The second-order valence-electron chi connectivity index (χ2n) is 4.33. The highest BCUT2D eigenvalue weighted by molar-refractivity contribution is 4.79. The maximum absolute atomic E-state index is 10.6. The first-order valence-electron chi connectivity index (χ1n) is 4.78. The van der Waals surface area contributed by atoms with Crippen molar-refractivity contribution in [1.29, 1.82) is 0 Å². The van der Waals surface area contributed by atoms with Gasteiger partial charge in [0.25, 0.3) is 0 Å². The molecule has 1 atom stereocenters. The van der Waals surface area contributed by atoms with Crippen molar-refractivity contribution in [3.05, 3.63) is 0 Å². The molecule has 0 saturated heterocycles. The van der Waals surface area contributed by atoms with Gasteiger partial charge in [0.2, 0.25) is 0 Å². The van der Waals surface area contributed by atoms with Crippen molar-refractivity contribution in [1.82, 2.24) is 4.90 Å². The molecule has 73 valence electrons. The molecule has 0 fully saturated rings. The molecule has 0 aromatic carbocycles. The topological polar surface area (TPSA) is 23.1 Å². The van der Waals surface area contributed by atoms with E-state index in [-0.39, 0.29) is 12.1 Å². The summed E-state index contributed by atoms with van der Waals surface area (Å²) in [5, 5.41) is 10.6. The first-order chi connectivity index (χ1) is 5.43. The summed E-state index contributed by atoms with van der Waals surface area (Å²) in [7, 11) is 0. The Morgan fingerprint density at radius 1 is 1.33 bits per heavy atom. The first-order valence-corrected chi connectivity index (χ1v) is 4.78. The van der Waals surface area contributed by atoms with Gasteiger partial charge < -0.3 is 0 Å². The molecule has 0 spiro atoms. The van der Waals surface area contributed by atoms with Crippen LogP contribution in [0.5, 0.6) is 0 Å². The molecule has 1 radical (unpaired) electrons. The van der Waals surface area contributed by atoms with Crippen molar-refractivity contribution in [2.45, 2.75) is 52.6 Å². The fourth-order valence-corrected chi connectivity index (χ4v) is 1.54. The molecule has 0 heterocycles. The second-order valence-corrected chi connectivity index (χ2v) is 4.33. The standard InChI is InChI=1S/C10H22NO/c1-6-9(2)11(7-8-12)10(3,4)5/h9H,6-8H2,1-5H3. The van der Waals surface area contributed by atoms with E-state index < -0.39 is 0 Å². The van der Waals surface area contributed by atoms with Crippen LogP contribution in [0.1, 0.15) is 41.0 Å². The fourth-order valence-electron chi connectivity index (χ4n) is 1.54. The summed E-state index contributed by atoms with van der Waals surface area (Å²) in [4.78, 5) is 2.28. The molecule has 12 heavy (non-hydrogen) atoms. The van der Waals surface area contributed by atoms with E-state index in [4.69, 9.17) is 0 Å². The van der Waals surface area contributed by atoms with Gasteiger partial charge in [-0.05, 0) is 34.1 Å². The van der Waals surface area contributed by atoms with E-state index in [0.29, 0.717) is 12.6 Å². The van der Waals surface area contributed by atoms with Crippen LogP contribution in [0.2, 0.25) is 0 Å². The van der Waals surface area contributed by atoms with Gasteiger partial charge in [0.1, 0.15) is 0 Å². The summed E-state index contributed by atoms with van der Waals surface area (Å²) >= 11 is 0. The van der Waals surface area contributed by atoms with Gasteiger partial charge in [-0.1, -0.05) is 6.92 Å². The molecule has 0 aliphatic carbocycles. The van der Waals surface area contributed by atoms with Gasteiger partial charge in [-0.3, -0.25) is 4.90 Å². The zero-order valence-electron chi connectivity index (χ0n) is 9.05. The largest absolute Gasteiger partial charge is 0.293 e. The van der Waals surface area contributed by atoms with Crippen LogP contribution in [0.4, 0.5) is 0 Å². The van der Waals surface area contributed by atoms with Gasteiger partial charge in [-0.2, -0.15) is 0 Å². The molecular weight excluding hydrogens is 150 g/mol. The van der Waals surface area contributed by atoms with Crippen molar-refractivity contribution < 1.29 is 5.11 Å². The average molecular weight is 172 g/mol. The predicted molar refractivity (Wildman–Crippen MR) is 51.8 cm³/mol. The van der Waals surface area contributed by atoms with E-state index in [1.54, 1.807) is 0 Å². The van der Waals surface area contributed by atoms with Gasteiger partial charge in [-0.25, -0.2) is 5.11 Å². The smallest absolute Gasteiger partial charge is 0.0949 e. The molecular formula is C10H22NO. The number of nitrogens with zero attached hydrogens (tertiary/aromatic N) is 1. The minimum Gasteiger partial charge on any atom is -0.293 e. The van der Waals surface area contributed by atoms with E-state index >= 15 is 0 Å². The lowest BCUT2D eigenvalue weighted by Crippen LogP contribution is -2.48. The van der Waals surface area contributed by atoms with E-state index in [1.165, 1.54) is 0 Å². The van der Waals surface area contributed by atoms with Crippen molar-refractivity contribution in [2.75, 3.05) is 13.2 Å². The molecule has 0 aliphatic heterocycles. The monoisotopic (exact) mass is 172 g/mol. The normalized spacial score (nSPS) is 15.2. The number of hydrogen-bond acceptors (Lipinski definition) is 1. The van der Waals surface area contributed by atoms with Crippen LogP contribution in [-0.2, 0) is 5.11 Å². The molecule has 0 aliphatic rings. The Balaban J connectivity index is 4.22. The molecule has 0 amide bonds. The van der Waals surface area contributed by atoms with Crippen molar-refractivity contribution in [3.63, 3.8) is 0 Å². The molecule has 2 heteroatoms. The summed E-state index contributed by atoms with van der Waals surface area (Å²) in [6.45, 7) is 11.5. The first kappa shape index (κ1) is 11.9. The van der Waals surface area contributed by atoms with Gasteiger partial charge in [0, 0.05) is 18.1 Å². The van der Waals surface area contributed by atoms with Crippen LogP contribution in [0.15, 0.2) is 0 Å². The van der Waals surface area contributed by atoms with Crippen LogP contribution < -0.4 is 0 Å². The van der Waals surface area contributed by atoms with E-state index in [1.807, 2.05) is 0 Å². The number of rotatable bonds is 4. The Labute approximate surface area is 76.6 Å². The van der Waals surface area contributed by atoms with E-state index in [2.05, 4.69) is 39.5 Å². The molecule has 2 nitrogen and oxygen atoms in total. The highest BCUT2D eigenvalue weighted by Crippen LogP contribution is 2.17. The zero-order chi connectivity index (χ0) is 9.78. The average Bonchev–Trinajstić information content (AvgIpc) is 1.96. The second kappa shape index (κ2) is 4.83. The SMILES string of the molecule is CCC(C)N(CC[O])C(C)(C)C. The van der Waals surface area contributed by atoms with Gasteiger partial charge >= 0.3 is 0 Å². The minimum atomic E-state index is 0.00160. The lowest BCUT2D eigenvalue weighted by atomic mass is 10.0. The van der Waals surface area contributed by atoms with E-state index in [9.17, 15) is 5.11 Å².